The monoisotopic (exact) mass is 390 g/mol. The molecule has 2 aromatic carbocycles. The summed E-state index contributed by atoms with van der Waals surface area (Å²) >= 11 is 1.50. The number of aryl methyl sites for hydroxylation is 1. The second-order valence-electron chi connectivity index (χ2n) is 6.15. The number of amides is 1. The molecule has 0 saturated heterocycles. The Kier molecular flexibility index (Phi) is 4.90. The lowest BCUT2D eigenvalue weighted by Gasteiger charge is -2.04. The van der Waals surface area contributed by atoms with E-state index in [2.05, 4.69) is 15.4 Å². The van der Waals surface area contributed by atoms with Gasteiger partial charge in [-0.15, -0.1) is 0 Å². The smallest absolute Gasteiger partial charge is 0.249 e. The Morgan fingerprint density at radius 1 is 1.18 bits per heavy atom. The third-order valence-corrected chi connectivity index (χ3v) is 5.09. The maximum atomic E-state index is 12.4. The van der Waals surface area contributed by atoms with Crippen LogP contribution in [0.4, 0.5) is 5.82 Å². The molecule has 0 aliphatic heterocycles. The molecule has 7 heteroatoms. The molecule has 0 saturated carbocycles. The SMILES string of the molecule is COc1ccc2sc(-n3nc(C)cc3NC(=O)/C=C/c3ccccc3)nc2c1. The first-order chi connectivity index (χ1) is 13.6. The first-order valence-corrected chi connectivity index (χ1v) is 9.50. The lowest BCUT2D eigenvalue weighted by Crippen LogP contribution is -2.12. The zero-order chi connectivity index (χ0) is 19.5. The molecular weight excluding hydrogens is 372 g/mol. The van der Waals surface area contributed by atoms with E-state index in [-0.39, 0.29) is 5.91 Å². The molecule has 0 bridgehead atoms. The van der Waals surface area contributed by atoms with Gasteiger partial charge in [-0.1, -0.05) is 41.7 Å². The Morgan fingerprint density at radius 2 is 2.00 bits per heavy atom. The number of nitrogens with zero attached hydrogens (tertiary/aromatic N) is 3. The maximum absolute atomic E-state index is 12.4. The topological polar surface area (TPSA) is 69.0 Å². The summed E-state index contributed by atoms with van der Waals surface area (Å²) in [5.41, 5.74) is 2.58. The lowest BCUT2D eigenvalue weighted by atomic mass is 10.2. The summed E-state index contributed by atoms with van der Waals surface area (Å²) in [6.45, 7) is 1.88. The summed E-state index contributed by atoms with van der Waals surface area (Å²) in [5.74, 6) is 1.10. The standard InChI is InChI=1S/C21H18N4O2S/c1-14-12-19(23-20(26)11-8-15-6-4-3-5-7-15)25(24-14)21-22-17-13-16(27-2)9-10-18(17)28-21/h3-13H,1-2H3,(H,23,26)/b11-8+. The molecule has 0 aliphatic rings. The van der Waals surface area contributed by atoms with Gasteiger partial charge in [-0.05, 0) is 30.7 Å². The van der Waals surface area contributed by atoms with Gasteiger partial charge in [-0.2, -0.15) is 9.78 Å². The fraction of sp³-hybridized carbons (Fsp3) is 0.0952. The summed E-state index contributed by atoms with van der Waals surface area (Å²) < 4.78 is 7.93. The first-order valence-electron chi connectivity index (χ1n) is 8.68. The number of anilines is 1. The summed E-state index contributed by atoms with van der Waals surface area (Å²) in [5, 5.41) is 8.05. The van der Waals surface area contributed by atoms with Gasteiger partial charge in [0.2, 0.25) is 11.0 Å². The van der Waals surface area contributed by atoms with Crippen molar-refractivity contribution in [1.29, 1.82) is 0 Å². The first kappa shape index (κ1) is 17.9. The van der Waals surface area contributed by atoms with Gasteiger partial charge in [0.05, 0.1) is 23.0 Å². The highest BCUT2D eigenvalue weighted by molar-refractivity contribution is 7.20. The highest BCUT2D eigenvalue weighted by Gasteiger charge is 2.14. The zero-order valence-electron chi connectivity index (χ0n) is 15.4. The number of methoxy groups -OCH3 is 1. The van der Waals surface area contributed by atoms with Gasteiger partial charge < -0.3 is 10.1 Å². The molecule has 0 radical (unpaired) electrons. The summed E-state index contributed by atoms with van der Waals surface area (Å²) in [4.78, 5) is 17.0. The molecule has 0 fully saturated rings. The van der Waals surface area contributed by atoms with Crippen molar-refractivity contribution in [1.82, 2.24) is 14.8 Å². The number of hydrogen-bond donors (Lipinski definition) is 1. The highest BCUT2D eigenvalue weighted by Crippen LogP contribution is 2.29. The van der Waals surface area contributed by atoms with Crippen molar-refractivity contribution in [3.8, 4) is 10.9 Å². The van der Waals surface area contributed by atoms with Crippen molar-refractivity contribution < 1.29 is 9.53 Å². The van der Waals surface area contributed by atoms with E-state index < -0.39 is 0 Å². The van der Waals surface area contributed by atoms with Crippen LogP contribution in [0.15, 0.2) is 60.7 Å². The Morgan fingerprint density at radius 3 is 2.79 bits per heavy atom. The fourth-order valence-electron chi connectivity index (χ4n) is 2.75. The largest absolute Gasteiger partial charge is 0.497 e. The summed E-state index contributed by atoms with van der Waals surface area (Å²) in [7, 11) is 1.63. The number of hydrogen-bond acceptors (Lipinski definition) is 5. The Balaban J connectivity index is 1.60. The van der Waals surface area contributed by atoms with Gasteiger partial charge in [-0.3, -0.25) is 4.79 Å². The normalized spacial score (nSPS) is 11.2. The van der Waals surface area contributed by atoms with Gasteiger partial charge in [0.25, 0.3) is 0 Å². The van der Waals surface area contributed by atoms with Crippen molar-refractivity contribution in [3.63, 3.8) is 0 Å². The van der Waals surface area contributed by atoms with Crippen LogP contribution in [0.5, 0.6) is 5.75 Å². The summed E-state index contributed by atoms with van der Waals surface area (Å²) in [6, 6.07) is 17.2. The minimum absolute atomic E-state index is 0.229. The predicted octanol–water partition coefficient (Wildman–Crippen LogP) is 4.45. The quantitative estimate of drug-likeness (QED) is 0.511. The van der Waals surface area contributed by atoms with E-state index in [0.29, 0.717) is 10.9 Å². The molecule has 0 unspecified atom stereocenters. The van der Waals surface area contributed by atoms with Crippen LogP contribution in [0.2, 0.25) is 0 Å². The number of ether oxygens (including phenoxy) is 1. The van der Waals surface area contributed by atoms with E-state index in [0.717, 1.165) is 27.2 Å². The van der Waals surface area contributed by atoms with Crippen LogP contribution in [0.25, 0.3) is 21.4 Å². The molecule has 1 N–H and O–H groups in total. The molecule has 0 aliphatic carbocycles. The van der Waals surface area contributed by atoms with Crippen LogP contribution in [0, 0.1) is 6.92 Å². The van der Waals surface area contributed by atoms with E-state index in [1.807, 2.05) is 61.5 Å². The zero-order valence-corrected chi connectivity index (χ0v) is 16.2. The minimum Gasteiger partial charge on any atom is -0.497 e. The number of thiazole rings is 1. The minimum atomic E-state index is -0.229. The molecule has 6 nitrogen and oxygen atoms in total. The number of aromatic nitrogens is 3. The number of fused-ring (bicyclic) bond motifs is 1. The van der Waals surface area contributed by atoms with Gasteiger partial charge in [0.1, 0.15) is 11.6 Å². The van der Waals surface area contributed by atoms with Crippen molar-refractivity contribution in [2.45, 2.75) is 6.92 Å². The van der Waals surface area contributed by atoms with Crippen LogP contribution < -0.4 is 10.1 Å². The van der Waals surface area contributed by atoms with Crippen LogP contribution in [-0.2, 0) is 4.79 Å². The van der Waals surface area contributed by atoms with Gasteiger partial charge in [0.15, 0.2) is 0 Å². The maximum Gasteiger partial charge on any atom is 0.249 e. The van der Waals surface area contributed by atoms with Gasteiger partial charge >= 0.3 is 0 Å². The Bertz CT molecular complexity index is 1160. The van der Waals surface area contributed by atoms with Crippen LogP contribution >= 0.6 is 11.3 Å². The molecule has 2 aromatic heterocycles. The van der Waals surface area contributed by atoms with E-state index >= 15 is 0 Å². The van der Waals surface area contributed by atoms with Crippen molar-refractivity contribution in [2.24, 2.45) is 0 Å². The average molecular weight is 390 g/mol. The molecule has 1 amide bonds. The van der Waals surface area contributed by atoms with Crippen molar-refractivity contribution >= 4 is 39.4 Å². The molecule has 4 rings (SSSR count). The molecule has 0 spiro atoms. The Hall–Kier alpha value is -3.45. The average Bonchev–Trinajstić information content (AvgIpc) is 3.29. The van der Waals surface area contributed by atoms with E-state index in [1.165, 1.54) is 17.4 Å². The van der Waals surface area contributed by atoms with Crippen LogP contribution in [0.1, 0.15) is 11.3 Å². The van der Waals surface area contributed by atoms with E-state index in [1.54, 1.807) is 17.9 Å². The van der Waals surface area contributed by atoms with Gasteiger partial charge in [0, 0.05) is 18.2 Å². The van der Waals surface area contributed by atoms with E-state index in [4.69, 9.17) is 4.74 Å². The molecule has 0 atom stereocenters. The Labute approximate surface area is 166 Å². The molecule has 140 valence electrons. The second kappa shape index (κ2) is 7.66. The second-order valence-corrected chi connectivity index (χ2v) is 7.16. The number of nitrogens with one attached hydrogen (secondary N) is 1. The highest BCUT2D eigenvalue weighted by atomic mass is 32.1. The van der Waals surface area contributed by atoms with Crippen molar-refractivity contribution in [2.75, 3.05) is 12.4 Å². The fourth-order valence-corrected chi connectivity index (χ4v) is 3.66. The van der Waals surface area contributed by atoms with E-state index in [9.17, 15) is 4.79 Å². The number of benzene rings is 2. The van der Waals surface area contributed by atoms with Gasteiger partial charge in [-0.25, -0.2) is 4.98 Å². The third kappa shape index (κ3) is 3.79. The molecule has 4 aromatic rings. The number of carbonyl (C=O) groups is 1. The van der Waals surface area contributed by atoms with Crippen molar-refractivity contribution in [3.05, 3.63) is 71.9 Å². The van der Waals surface area contributed by atoms with Crippen LogP contribution in [0.3, 0.4) is 0 Å². The number of carbonyl (C=O) groups excluding carboxylic acids is 1. The number of rotatable bonds is 5. The molecule has 2 heterocycles. The predicted molar refractivity (Wildman–Crippen MR) is 112 cm³/mol. The summed E-state index contributed by atoms with van der Waals surface area (Å²) in [6.07, 6.45) is 3.28. The molecular formula is C21H18N4O2S. The molecule has 28 heavy (non-hydrogen) atoms. The van der Waals surface area contributed by atoms with Crippen LogP contribution in [-0.4, -0.2) is 27.8 Å². The lowest BCUT2D eigenvalue weighted by molar-refractivity contribution is -0.111. The third-order valence-electron chi connectivity index (χ3n) is 4.07.